The Kier molecular flexibility index (Phi) is 8.86. The van der Waals surface area contributed by atoms with Crippen LogP contribution < -0.4 is 0 Å². The average Bonchev–Trinajstić information content (AvgIpc) is 2.32. The van der Waals surface area contributed by atoms with Gasteiger partial charge in [0.05, 0.1) is 12.5 Å². The van der Waals surface area contributed by atoms with Gasteiger partial charge in [0.2, 0.25) is 0 Å². The standard InChI is InChI=1S/C14H20ClNO.ClH/c1-3-17-14(16)13(9-6-10-15)12-8-5-4-7-11(12)2;/h4-5,7-8,13,16H,3,6,9-10H2,1-2H3;1H. The average molecular weight is 290 g/mol. The molecular formula is C14H21Cl2NO. The lowest BCUT2D eigenvalue weighted by Crippen LogP contribution is -2.16. The number of hydrogen-bond acceptors (Lipinski definition) is 2. The van der Waals surface area contributed by atoms with E-state index in [1.807, 2.05) is 19.1 Å². The fourth-order valence-corrected chi connectivity index (χ4v) is 2.10. The first-order valence-electron chi connectivity index (χ1n) is 6.03. The van der Waals surface area contributed by atoms with Gasteiger partial charge in [0.25, 0.3) is 0 Å². The molecule has 0 heterocycles. The van der Waals surface area contributed by atoms with E-state index in [4.69, 9.17) is 21.7 Å². The van der Waals surface area contributed by atoms with Crippen LogP contribution in [0.15, 0.2) is 24.3 Å². The number of alkyl halides is 1. The van der Waals surface area contributed by atoms with Gasteiger partial charge in [-0.15, -0.1) is 24.0 Å². The Morgan fingerprint density at radius 1 is 1.39 bits per heavy atom. The minimum Gasteiger partial charge on any atom is -0.481 e. The number of ether oxygens (including phenoxy) is 1. The molecule has 0 aliphatic heterocycles. The summed E-state index contributed by atoms with van der Waals surface area (Å²) in [6.07, 6.45) is 1.77. The van der Waals surface area contributed by atoms with Crippen LogP contribution in [0, 0.1) is 12.3 Å². The molecule has 1 atom stereocenters. The third-order valence-corrected chi connectivity index (χ3v) is 3.07. The van der Waals surface area contributed by atoms with Gasteiger partial charge < -0.3 is 4.74 Å². The molecule has 4 heteroatoms. The molecule has 0 bridgehead atoms. The highest BCUT2D eigenvalue weighted by Gasteiger charge is 2.19. The largest absolute Gasteiger partial charge is 0.481 e. The Hall–Kier alpha value is -0.730. The Morgan fingerprint density at radius 2 is 2.06 bits per heavy atom. The molecule has 0 aromatic heterocycles. The maximum atomic E-state index is 7.99. The summed E-state index contributed by atoms with van der Waals surface area (Å²) in [5.41, 5.74) is 2.38. The van der Waals surface area contributed by atoms with Crippen LogP contribution in [0.1, 0.15) is 36.8 Å². The maximum Gasteiger partial charge on any atom is 0.188 e. The van der Waals surface area contributed by atoms with Crippen molar-refractivity contribution in [3.63, 3.8) is 0 Å². The topological polar surface area (TPSA) is 33.1 Å². The minimum atomic E-state index is 0. The van der Waals surface area contributed by atoms with Crippen molar-refractivity contribution in [3.05, 3.63) is 35.4 Å². The lowest BCUT2D eigenvalue weighted by atomic mass is 9.91. The smallest absolute Gasteiger partial charge is 0.188 e. The maximum absolute atomic E-state index is 7.99. The molecule has 1 unspecified atom stereocenters. The van der Waals surface area contributed by atoms with Gasteiger partial charge in [0.1, 0.15) is 0 Å². The summed E-state index contributed by atoms with van der Waals surface area (Å²) in [4.78, 5) is 0. The van der Waals surface area contributed by atoms with Crippen LogP contribution in [0.5, 0.6) is 0 Å². The van der Waals surface area contributed by atoms with Gasteiger partial charge >= 0.3 is 0 Å². The molecule has 1 N–H and O–H groups in total. The molecule has 102 valence electrons. The van der Waals surface area contributed by atoms with E-state index in [1.54, 1.807) is 0 Å². The number of halogens is 2. The second kappa shape index (κ2) is 9.23. The van der Waals surface area contributed by atoms with Crippen molar-refractivity contribution in [2.45, 2.75) is 32.6 Å². The molecule has 0 saturated carbocycles. The molecule has 1 aromatic carbocycles. The molecule has 2 nitrogen and oxygen atoms in total. The van der Waals surface area contributed by atoms with Crippen LogP contribution in [0.25, 0.3) is 0 Å². The van der Waals surface area contributed by atoms with Crippen LogP contribution in [0.4, 0.5) is 0 Å². The fourth-order valence-electron chi connectivity index (χ4n) is 1.94. The number of hydrogen-bond donors (Lipinski definition) is 1. The van der Waals surface area contributed by atoms with Crippen LogP contribution in [-0.4, -0.2) is 18.4 Å². The lowest BCUT2D eigenvalue weighted by molar-refractivity contribution is 0.305. The predicted octanol–water partition coefficient (Wildman–Crippen LogP) is 4.53. The first-order valence-corrected chi connectivity index (χ1v) is 6.56. The van der Waals surface area contributed by atoms with Crippen molar-refractivity contribution in [2.24, 2.45) is 0 Å². The number of benzene rings is 1. The Morgan fingerprint density at radius 3 is 2.61 bits per heavy atom. The van der Waals surface area contributed by atoms with Crippen molar-refractivity contribution >= 4 is 29.9 Å². The molecule has 18 heavy (non-hydrogen) atoms. The molecule has 1 rings (SSSR count). The zero-order valence-electron chi connectivity index (χ0n) is 10.9. The van der Waals surface area contributed by atoms with Crippen LogP contribution in [0.3, 0.4) is 0 Å². The molecule has 1 aromatic rings. The van der Waals surface area contributed by atoms with E-state index in [0.29, 0.717) is 18.4 Å². The van der Waals surface area contributed by atoms with Crippen molar-refractivity contribution < 1.29 is 4.74 Å². The molecule has 0 radical (unpaired) electrons. The van der Waals surface area contributed by atoms with Gasteiger partial charge in [-0.3, -0.25) is 5.41 Å². The van der Waals surface area contributed by atoms with E-state index in [1.165, 1.54) is 11.1 Å². The number of rotatable bonds is 6. The third kappa shape index (κ3) is 4.87. The molecule has 0 saturated heterocycles. The number of nitrogens with one attached hydrogen (secondary N) is 1. The highest BCUT2D eigenvalue weighted by molar-refractivity contribution is 6.17. The van der Waals surface area contributed by atoms with Gasteiger partial charge in [0, 0.05) is 5.88 Å². The van der Waals surface area contributed by atoms with Crippen molar-refractivity contribution in [2.75, 3.05) is 12.5 Å². The molecule has 0 aliphatic rings. The third-order valence-electron chi connectivity index (χ3n) is 2.81. The molecule has 0 spiro atoms. The summed E-state index contributed by atoms with van der Waals surface area (Å²) < 4.78 is 5.35. The summed E-state index contributed by atoms with van der Waals surface area (Å²) in [7, 11) is 0. The summed E-state index contributed by atoms with van der Waals surface area (Å²) in [5.74, 6) is 1.02. The first-order chi connectivity index (χ1) is 8.20. The van der Waals surface area contributed by atoms with Gasteiger partial charge in [-0.1, -0.05) is 24.3 Å². The van der Waals surface area contributed by atoms with Gasteiger partial charge in [-0.05, 0) is 37.8 Å². The van der Waals surface area contributed by atoms with Crippen LogP contribution in [-0.2, 0) is 4.74 Å². The Bertz CT molecular complexity index is 369. The van der Waals surface area contributed by atoms with Crippen molar-refractivity contribution in [1.82, 2.24) is 0 Å². The Labute approximate surface area is 121 Å². The summed E-state index contributed by atoms with van der Waals surface area (Å²) >= 11 is 5.74. The van der Waals surface area contributed by atoms with Gasteiger partial charge in [-0.25, -0.2) is 0 Å². The highest BCUT2D eigenvalue weighted by Crippen LogP contribution is 2.26. The summed E-state index contributed by atoms with van der Waals surface area (Å²) in [5, 5.41) is 7.99. The highest BCUT2D eigenvalue weighted by atomic mass is 35.5. The molecule has 0 aliphatic carbocycles. The van der Waals surface area contributed by atoms with Gasteiger partial charge in [-0.2, -0.15) is 0 Å². The van der Waals surface area contributed by atoms with E-state index in [0.717, 1.165) is 12.8 Å². The van der Waals surface area contributed by atoms with Crippen molar-refractivity contribution in [3.8, 4) is 0 Å². The van der Waals surface area contributed by atoms with E-state index in [-0.39, 0.29) is 18.3 Å². The van der Waals surface area contributed by atoms with E-state index < -0.39 is 0 Å². The van der Waals surface area contributed by atoms with E-state index >= 15 is 0 Å². The molecular weight excluding hydrogens is 269 g/mol. The second-order valence-electron chi connectivity index (χ2n) is 4.04. The number of aryl methyl sites for hydroxylation is 1. The molecule has 0 fully saturated rings. The van der Waals surface area contributed by atoms with Gasteiger partial charge in [0.15, 0.2) is 5.90 Å². The monoisotopic (exact) mass is 289 g/mol. The van der Waals surface area contributed by atoms with Crippen LogP contribution >= 0.6 is 24.0 Å². The first kappa shape index (κ1) is 17.3. The van der Waals surface area contributed by atoms with E-state index in [9.17, 15) is 0 Å². The SMILES string of the molecule is CCOC(=N)C(CCCCl)c1ccccc1C.Cl. The fraction of sp³-hybridized carbons (Fsp3) is 0.500. The second-order valence-corrected chi connectivity index (χ2v) is 4.42. The van der Waals surface area contributed by atoms with Crippen LogP contribution in [0.2, 0.25) is 0 Å². The minimum absolute atomic E-state index is 0. The predicted molar refractivity (Wildman–Crippen MR) is 80.5 cm³/mol. The Balaban J connectivity index is 0.00000289. The zero-order chi connectivity index (χ0) is 12.7. The lowest BCUT2D eigenvalue weighted by Gasteiger charge is -2.19. The normalized spacial score (nSPS) is 11.5. The quantitative estimate of drug-likeness (QED) is 0.466. The summed E-state index contributed by atoms with van der Waals surface area (Å²) in [6.45, 7) is 4.52. The van der Waals surface area contributed by atoms with Crippen molar-refractivity contribution in [1.29, 1.82) is 5.41 Å². The molecule has 0 amide bonds. The zero-order valence-corrected chi connectivity index (χ0v) is 12.5. The summed E-state index contributed by atoms with van der Waals surface area (Å²) in [6, 6.07) is 8.17. The van der Waals surface area contributed by atoms with E-state index in [2.05, 4.69) is 19.1 Å².